The summed E-state index contributed by atoms with van der Waals surface area (Å²) in [5.41, 5.74) is 1.96. The van der Waals surface area contributed by atoms with Gasteiger partial charge in [-0.15, -0.1) is 11.3 Å². The zero-order valence-corrected chi connectivity index (χ0v) is 14.1. The molecule has 6 heteroatoms. The fourth-order valence-electron chi connectivity index (χ4n) is 2.53. The van der Waals surface area contributed by atoms with Crippen molar-refractivity contribution >= 4 is 17.6 Å². The number of thiazole rings is 1. The minimum atomic E-state index is -4.37. The smallest absolute Gasteiger partial charge is 0.298 e. The molecule has 25 heavy (non-hydrogen) atoms. The van der Waals surface area contributed by atoms with Crippen LogP contribution in [-0.2, 0) is 12.6 Å². The summed E-state index contributed by atoms with van der Waals surface area (Å²) in [6.45, 7) is 1.85. The summed E-state index contributed by atoms with van der Waals surface area (Å²) in [7, 11) is 0. The highest BCUT2D eigenvalue weighted by atomic mass is 32.1. The Balaban J connectivity index is 1.88. The largest absolute Gasteiger partial charge is 0.416 e. The van der Waals surface area contributed by atoms with Crippen LogP contribution in [0.2, 0.25) is 0 Å². The Morgan fingerprint density at radius 2 is 1.84 bits per heavy atom. The van der Waals surface area contributed by atoms with Gasteiger partial charge in [-0.25, -0.2) is 4.98 Å². The number of hydrogen-bond acceptors (Lipinski definition) is 3. The quantitative estimate of drug-likeness (QED) is 0.571. The average Bonchev–Trinajstić information content (AvgIpc) is 2.95. The third kappa shape index (κ3) is 3.96. The van der Waals surface area contributed by atoms with Crippen LogP contribution in [0, 0.1) is 6.92 Å². The number of nitrogens with zero attached hydrogens (tertiary/aromatic N) is 1. The third-order valence-corrected chi connectivity index (χ3v) is 4.75. The molecule has 1 aromatic heterocycles. The Labute approximate surface area is 147 Å². The van der Waals surface area contributed by atoms with Crippen molar-refractivity contribution in [3.8, 4) is 11.3 Å². The number of halogens is 3. The van der Waals surface area contributed by atoms with E-state index in [4.69, 9.17) is 0 Å². The molecule has 1 heterocycles. The molecule has 0 saturated carbocycles. The van der Waals surface area contributed by atoms with Crippen molar-refractivity contribution in [1.29, 1.82) is 0 Å². The van der Waals surface area contributed by atoms with Gasteiger partial charge >= 0.3 is 6.18 Å². The van der Waals surface area contributed by atoms with E-state index in [0.29, 0.717) is 23.2 Å². The van der Waals surface area contributed by atoms with E-state index < -0.39 is 11.7 Å². The van der Waals surface area contributed by atoms with Crippen molar-refractivity contribution in [2.75, 3.05) is 0 Å². The number of aryl methyl sites for hydroxylation is 1. The van der Waals surface area contributed by atoms with Crippen LogP contribution < -0.4 is 0 Å². The molecule has 0 bridgehead atoms. The van der Waals surface area contributed by atoms with Crippen LogP contribution in [0.1, 0.15) is 31.4 Å². The Morgan fingerprint density at radius 3 is 2.48 bits per heavy atom. The zero-order chi connectivity index (χ0) is 18.0. The van der Waals surface area contributed by atoms with E-state index in [2.05, 4.69) is 4.98 Å². The molecule has 3 rings (SSSR count). The summed E-state index contributed by atoms with van der Waals surface area (Å²) < 4.78 is 38.7. The minimum Gasteiger partial charge on any atom is -0.298 e. The number of carbonyl (C=O) groups excluding carboxylic acids is 1. The number of hydrogen-bond donors (Lipinski definition) is 0. The molecule has 3 aromatic rings. The van der Waals surface area contributed by atoms with Crippen LogP contribution >= 0.6 is 11.3 Å². The first-order chi connectivity index (χ1) is 11.9. The molecule has 0 N–H and O–H groups in total. The normalized spacial score (nSPS) is 11.5. The summed E-state index contributed by atoms with van der Waals surface area (Å²) in [5.74, 6) is 0. The molecule has 0 fully saturated rings. The molecule has 0 radical (unpaired) electrons. The number of aldehydes is 1. The number of benzene rings is 2. The van der Waals surface area contributed by atoms with E-state index in [-0.39, 0.29) is 0 Å². The van der Waals surface area contributed by atoms with E-state index in [1.807, 2.05) is 19.1 Å². The Morgan fingerprint density at radius 1 is 1.12 bits per heavy atom. The van der Waals surface area contributed by atoms with Gasteiger partial charge in [0.05, 0.1) is 16.3 Å². The van der Waals surface area contributed by atoms with Crippen molar-refractivity contribution in [3.63, 3.8) is 0 Å². The van der Waals surface area contributed by atoms with Crippen LogP contribution in [0.4, 0.5) is 13.2 Å². The van der Waals surface area contributed by atoms with Crippen LogP contribution in [0.5, 0.6) is 0 Å². The maximum atomic E-state index is 12.9. The summed E-state index contributed by atoms with van der Waals surface area (Å²) in [5, 5.41) is 0.823. The second-order valence-electron chi connectivity index (χ2n) is 5.63. The van der Waals surface area contributed by atoms with Gasteiger partial charge in [0.25, 0.3) is 0 Å². The highest BCUT2D eigenvalue weighted by Crippen LogP contribution is 2.34. The SMILES string of the molecule is Cc1sc(Cc2ccc(C=O)cc2)nc1-c1cccc(C(F)(F)F)c1. The van der Waals surface area contributed by atoms with Crippen LogP contribution in [-0.4, -0.2) is 11.3 Å². The van der Waals surface area contributed by atoms with Gasteiger partial charge in [-0.05, 0) is 24.6 Å². The maximum Gasteiger partial charge on any atom is 0.416 e. The second kappa shape index (κ2) is 6.80. The molecule has 0 aliphatic heterocycles. The molecular weight excluding hydrogens is 347 g/mol. The summed E-state index contributed by atoms with van der Waals surface area (Å²) in [6, 6.07) is 12.4. The molecule has 0 aliphatic carbocycles. The molecule has 0 amide bonds. The summed E-state index contributed by atoms with van der Waals surface area (Å²) in [4.78, 5) is 16.1. The summed E-state index contributed by atoms with van der Waals surface area (Å²) in [6.07, 6.45) is -3.02. The van der Waals surface area contributed by atoms with Crippen molar-refractivity contribution in [2.45, 2.75) is 19.5 Å². The number of aromatic nitrogens is 1. The molecular formula is C19H14F3NOS. The lowest BCUT2D eigenvalue weighted by molar-refractivity contribution is -0.137. The standard InChI is InChI=1S/C19H14F3NOS/c1-12-18(15-3-2-4-16(10-15)19(20,21)22)23-17(25-12)9-13-5-7-14(11-24)8-6-13/h2-8,10-11H,9H2,1H3. The van der Waals surface area contributed by atoms with Gasteiger partial charge in [-0.3, -0.25) is 4.79 Å². The van der Waals surface area contributed by atoms with Gasteiger partial charge in [-0.1, -0.05) is 36.4 Å². The fourth-order valence-corrected chi connectivity index (χ4v) is 3.52. The molecule has 2 nitrogen and oxygen atoms in total. The molecule has 0 spiro atoms. The predicted octanol–water partition coefficient (Wildman–Crippen LogP) is 5.54. The second-order valence-corrected chi connectivity index (χ2v) is 6.91. The molecule has 0 saturated heterocycles. The van der Waals surface area contributed by atoms with E-state index in [1.165, 1.54) is 17.4 Å². The predicted molar refractivity (Wildman–Crippen MR) is 91.9 cm³/mol. The van der Waals surface area contributed by atoms with Gasteiger partial charge in [0.1, 0.15) is 6.29 Å². The first-order valence-corrected chi connectivity index (χ1v) is 8.36. The molecule has 0 unspecified atom stereocenters. The van der Waals surface area contributed by atoms with Crippen molar-refractivity contribution in [1.82, 2.24) is 4.98 Å². The van der Waals surface area contributed by atoms with Gasteiger partial charge in [-0.2, -0.15) is 13.2 Å². The van der Waals surface area contributed by atoms with Crippen molar-refractivity contribution in [2.24, 2.45) is 0 Å². The molecule has 0 atom stereocenters. The monoisotopic (exact) mass is 361 g/mol. The third-order valence-electron chi connectivity index (χ3n) is 3.78. The van der Waals surface area contributed by atoms with Gasteiger partial charge < -0.3 is 0 Å². The molecule has 128 valence electrons. The molecule has 2 aromatic carbocycles. The van der Waals surface area contributed by atoms with Crippen LogP contribution in [0.25, 0.3) is 11.3 Å². The lowest BCUT2D eigenvalue weighted by atomic mass is 10.1. The van der Waals surface area contributed by atoms with E-state index in [0.717, 1.165) is 33.9 Å². The fraction of sp³-hybridized carbons (Fsp3) is 0.158. The Kier molecular flexibility index (Phi) is 4.72. The van der Waals surface area contributed by atoms with Gasteiger partial charge in [0, 0.05) is 22.4 Å². The van der Waals surface area contributed by atoms with E-state index in [1.54, 1.807) is 18.2 Å². The highest BCUT2D eigenvalue weighted by molar-refractivity contribution is 7.12. The van der Waals surface area contributed by atoms with Gasteiger partial charge in [0.2, 0.25) is 0 Å². The van der Waals surface area contributed by atoms with Crippen LogP contribution in [0.15, 0.2) is 48.5 Å². The highest BCUT2D eigenvalue weighted by Gasteiger charge is 2.30. The van der Waals surface area contributed by atoms with Crippen LogP contribution in [0.3, 0.4) is 0 Å². The van der Waals surface area contributed by atoms with Crippen molar-refractivity contribution < 1.29 is 18.0 Å². The first kappa shape index (κ1) is 17.4. The summed E-state index contributed by atoms with van der Waals surface area (Å²) >= 11 is 1.47. The first-order valence-electron chi connectivity index (χ1n) is 7.55. The number of carbonyl (C=O) groups is 1. The minimum absolute atomic E-state index is 0.464. The Hall–Kier alpha value is -2.47. The lowest BCUT2D eigenvalue weighted by Gasteiger charge is -2.07. The van der Waals surface area contributed by atoms with E-state index in [9.17, 15) is 18.0 Å². The maximum absolute atomic E-state index is 12.9. The number of alkyl halides is 3. The van der Waals surface area contributed by atoms with Crippen molar-refractivity contribution in [3.05, 3.63) is 75.1 Å². The molecule has 0 aliphatic rings. The topological polar surface area (TPSA) is 30.0 Å². The van der Waals surface area contributed by atoms with E-state index >= 15 is 0 Å². The average molecular weight is 361 g/mol. The lowest BCUT2D eigenvalue weighted by Crippen LogP contribution is -2.04. The Bertz CT molecular complexity index is 898. The van der Waals surface area contributed by atoms with Gasteiger partial charge in [0.15, 0.2) is 0 Å². The zero-order valence-electron chi connectivity index (χ0n) is 13.3. The number of rotatable bonds is 4.